The second-order valence-electron chi connectivity index (χ2n) is 11.6. The van der Waals surface area contributed by atoms with E-state index in [1.165, 1.54) is 36.1 Å². The van der Waals surface area contributed by atoms with Crippen molar-refractivity contribution in [2.45, 2.75) is 50.3 Å². The van der Waals surface area contributed by atoms with Crippen LogP contribution in [0.25, 0.3) is 6.08 Å². The lowest BCUT2D eigenvalue weighted by Crippen LogP contribution is -2.34. The van der Waals surface area contributed by atoms with Crippen LogP contribution in [0, 0.1) is 0 Å². The number of carbonyl (C=O) groups is 5. The van der Waals surface area contributed by atoms with Crippen LogP contribution in [0.15, 0.2) is 83.4 Å². The Kier molecular flexibility index (Phi) is 13.2. The molecule has 1 aliphatic heterocycles. The van der Waals surface area contributed by atoms with Gasteiger partial charge in [-0.1, -0.05) is 66.5 Å². The van der Waals surface area contributed by atoms with Crippen molar-refractivity contribution < 1.29 is 28.7 Å². The normalized spacial score (nSPS) is 13.1. The smallest absolute Gasteiger partial charge is 0.341 e. The van der Waals surface area contributed by atoms with Crippen LogP contribution in [0.3, 0.4) is 0 Å². The Labute approximate surface area is 319 Å². The van der Waals surface area contributed by atoms with E-state index in [2.05, 4.69) is 16.0 Å². The van der Waals surface area contributed by atoms with E-state index < -0.39 is 23.0 Å². The van der Waals surface area contributed by atoms with Crippen molar-refractivity contribution in [1.29, 1.82) is 0 Å². The fourth-order valence-corrected chi connectivity index (χ4v) is 8.06. The van der Waals surface area contributed by atoms with Crippen molar-refractivity contribution in [3.05, 3.63) is 116 Å². The van der Waals surface area contributed by atoms with Crippen LogP contribution >= 0.6 is 46.3 Å². The van der Waals surface area contributed by atoms with E-state index in [1.807, 2.05) is 13.0 Å². The molecule has 0 spiro atoms. The first kappa shape index (κ1) is 38.6. The number of esters is 1. The third-order valence-electron chi connectivity index (χ3n) is 8.06. The standard InChI is InChI=1S/C38H36Cl2N4O6S2/c1-4-30(36(48)43-37-32(38(49)50-5-2)27-17-18-44(22(3)45)21-31(27)52-37)51-26-15-10-14-25(20-26)41-35(47)29(19-24-13-9-16-28(39)33(24)40)42-34(46)23-11-7-6-8-12-23/h6-16,19-20,30H,4-5,17-18,21H2,1-3H3,(H,41,47)(H,42,46)(H,43,48)/b29-19+. The molecule has 14 heteroatoms. The Morgan fingerprint density at radius 1 is 0.981 bits per heavy atom. The van der Waals surface area contributed by atoms with Crippen molar-refractivity contribution in [2.24, 2.45) is 0 Å². The number of fused-ring (bicyclic) bond motifs is 1. The third-order valence-corrected chi connectivity index (χ3v) is 11.4. The quantitative estimate of drug-likeness (QED) is 0.0753. The van der Waals surface area contributed by atoms with Crippen LogP contribution in [0.1, 0.15) is 63.9 Å². The molecule has 1 atom stereocenters. The summed E-state index contributed by atoms with van der Waals surface area (Å²) in [6.45, 7) is 6.13. The van der Waals surface area contributed by atoms with Gasteiger partial charge in [-0.15, -0.1) is 23.1 Å². The van der Waals surface area contributed by atoms with Crippen LogP contribution in [0.5, 0.6) is 0 Å². The predicted molar refractivity (Wildman–Crippen MR) is 207 cm³/mol. The van der Waals surface area contributed by atoms with Crippen molar-refractivity contribution in [3.63, 3.8) is 0 Å². The lowest BCUT2D eigenvalue weighted by atomic mass is 10.0. The van der Waals surface area contributed by atoms with Crippen molar-refractivity contribution in [1.82, 2.24) is 10.2 Å². The number of hydrogen-bond donors (Lipinski definition) is 3. The Hall–Kier alpha value is -4.62. The molecule has 1 unspecified atom stereocenters. The van der Waals surface area contributed by atoms with Crippen LogP contribution in [0.2, 0.25) is 10.0 Å². The third kappa shape index (κ3) is 9.43. The van der Waals surface area contributed by atoms with Crippen molar-refractivity contribution >= 4 is 92.7 Å². The van der Waals surface area contributed by atoms with Crippen LogP contribution < -0.4 is 16.0 Å². The zero-order valence-corrected chi connectivity index (χ0v) is 31.7. The molecule has 1 aliphatic rings. The summed E-state index contributed by atoms with van der Waals surface area (Å²) in [6, 6.07) is 20.4. The molecule has 3 N–H and O–H groups in total. The Bertz CT molecular complexity index is 2030. The number of rotatable bonds is 12. The minimum atomic E-state index is -0.608. The molecule has 3 aromatic carbocycles. The zero-order chi connectivity index (χ0) is 37.4. The van der Waals surface area contributed by atoms with Gasteiger partial charge in [0.25, 0.3) is 11.8 Å². The molecule has 5 rings (SSSR count). The molecule has 1 aromatic heterocycles. The van der Waals surface area contributed by atoms with Gasteiger partial charge in [-0.05, 0) is 73.4 Å². The molecule has 52 heavy (non-hydrogen) atoms. The number of anilines is 2. The second kappa shape index (κ2) is 17.7. The Morgan fingerprint density at radius 3 is 2.44 bits per heavy atom. The molecule has 0 aliphatic carbocycles. The summed E-state index contributed by atoms with van der Waals surface area (Å²) < 4.78 is 5.34. The van der Waals surface area contributed by atoms with Crippen LogP contribution in [0.4, 0.5) is 10.7 Å². The second-order valence-corrected chi connectivity index (χ2v) is 14.8. The Balaban J connectivity index is 1.34. The topological polar surface area (TPSA) is 134 Å². The summed E-state index contributed by atoms with van der Waals surface area (Å²) in [4.78, 5) is 68.7. The molecule has 0 fully saturated rings. The molecule has 4 aromatic rings. The lowest BCUT2D eigenvalue weighted by molar-refractivity contribution is -0.129. The number of hydrogen-bond acceptors (Lipinski definition) is 8. The van der Waals surface area contributed by atoms with E-state index in [-0.39, 0.29) is 29.1 Å². The molecular formula is C38H36Cl2N4O6S2. The highest BCUT2D eigenvalue weighted by Crippen LogP contribution is 2.39. The predicted octanol–water partition coefficient (Wildman–Crippen LogP) is 8.06. The lowest BCUT2D eigenvalue weighted by Gasteiger charge is -2.25. The monoisotopic (exact) mass is 778 g/mol. The number of amides is 4. The highest BCUT2D eigenvalue weighted by Gasteiger charge is 2.31. The molecule has 2 heterocycles. The van der Waals surface area contributed by atoms with Gasteiger partial charge in [0.2, 0.25) is 11.8 Å². The van der Waals surface area contributed by atoms with Gasteiger partial charge in [-0.3, -0.25) is 19.2 Å². The number of ether oxygens (including phenoxy) is 1. The van der Waals surface area contributed by atoms with Gasteiger partial charge in [0.05, 0.1) is 34.0 Å². The summed E-state index contributed by atoms with van der Waals surface area (Å²) in [5.74, 6) is -1.97. The van der Waals surface area contributed by atoms with E-state index in [9.17, 15) is 24.0 Å². The molecule has 0 saturated carbocycles. The fourth-order valence-electron chi connectivity index (χ4n) is 5.43. The fraction of sp³-hybridized carbons (Fsp3) is 0.237. The minimum absolute atomic E-state index is 0.0575. The number of halogens is 2. The van der Waals surface area contributed by atoms with Gasteiger partial charge >= 0.3 is 5.97 Å². The minimum Gasteiger partial charge on any atom is -0.462 e. The number of benzene rings is 3. The average Bonchev–Trinajstić information content (AvgIpc) is 3.49. The first-order chi connectivity index (χ1) is 25.0. The summed E-state index contributed by atoms with van der Waals surface area (Å²) in [6.07, 6.45) is 2.40. The van der Waals surface area contributed by atoms with Gasteiger partial charge in [-0.25, -0.2) is 4.79 Å². The summed E-state index contributed by atoms with van der Waals surface area (Å²) >= 11 is 15.2. The molecule has 0 radical (unpaired) electrons. The highest BCUT2D eigenvalue weighted by atomic mass is 35.5. The number of nitrogens with one attached hydrogen (secondary N) is 3. The van der Waals surface area contributed by atoms with Crippen molar-refractivity contribution in [2.75, 3.05) is 23.8 Å². The molecule has 4 amide bonds. The number of thiophene rings is 1. The van der Waals surface area contributed by atoms with E-state index >= 15 is 0 Å². The van der Waals surface area contributed by atoms with Gasteiger partial charge in [-0.2, -0.15) is 0 Å². The largest absolute Gasteiger partial charge is 0.462 e. The summed E-state index contributed by atoms with van der Waals surface area (Å²) in [5, 5.41) is 8.84. The first-order valence-corrected chi connectivity index (χ1v) is 18.9. The van der Waals surface area contributed by atoms with E-state index in [4.69, 9.17) is 27.9 Å². The van der Waals surface area contributed by atoms with E-state index in [0.29, 0.717) is 63.2 Å². The maximum absolute atomic E-state index is 13.7. The highest BCUT2D eigenvalue weighted by molar-refractivity contribution is 8.00. The van der Waals surface area contributed by atoms with Gasteiger partial charge in [0.15, 0.2) is 0 Å². The molecular weight excluding hydrogens is 743 g/mol. The van der Waals surface area contributed by atoms with Crippen molar-refractivity contribution in [3.8, 4) is 0 Å². The maximum atomic E-state index is 13.7. The van der Waals surface area contributed by atoms with Gasteiger partial charge in [0, 0.05) is 34.5 Å². The first-order valence-electron chi connectivity index (χ1n) is 16.5. The number of carbonyl (C=O) groups excluding carboxylic acids is 5. The zero-order valence-electron chi connectivity index (χ0n) is 28.6. The number of thioether (sulfide) groups is 1. The van der Waals surface area contributed by atoms with Crippen LogP contribution in [-0.4, -0.2) is 52.9 Å². The summed E-state index contributed by atoms with van der Waals surface area (Å²) in [7, 11) is 0. The molecule has 270 valence electrons. The molecule has 0 saturated heterocycles. The number of nitrogens with zero attached hydrogens (tertiary/aromatic N) is 1. The van der Waals surface area contributed by atoms with Gasteiger partial charge in [0.1, 0.15) is 10.7 Å². The summed E-state index contributed by atoms with van der Waals surface area (Å²) in [5.41, 5.74) is 2.28. The Morgan fingerprint density at radius 2 is 1.73 bits per heavy atom. The SMILES string of the molecule is CCOC(=O)c1c(NC(=O)C(CC)Sc2cccc(NC(=O)/C(=C\c3cccc(Cl)c3Cl)NC(=O)c3ccccc3)c2)sc2c1CCN(C(C)=O)C2. The van der Waals surface area contributed by atoms with Gasteiger partial charge < -0.3 is 25.6 Å². The molecule has 0 bridgehead atoms. The molecule has 10 nitrogen and oxygen atoms in total. The van der Waals surface area contributed by atoms with Crippen LogP contribution in [-0.2, 0) is 32.1 Å². The maximum Gasteiger partial charge on any atom is 0.341 e. The van der Waals surface area contributed by atoms with E-state index in [0.717, 1.165) is 10.4 Å². The van der Waals surface area contributed by atoms with E-state index in [1.54, 1.807) is 78.6 Å². The average molecular weight is 780 g/mol.